The second-order valence-corrected chi connectivity index (χ2v) is 7.41. The van der Waals surface area contributed by atoms with Crippen LogP contribution in [0.5, 0.6) is 5.75 Å². The number of ether oxygens (including phenoxy) is 2. The second-order valence-electron chi connectivity index (χ2n) is 7.41. The fourth-order valence-corrected chi connectivity index (χ4v) is 3.94. The molecule has 0 unspecified atom stereocenters. The third-order valence-electron chi connectivity index (χ3n) is 5.51. The van der Waals surface area contributed by atoms with Gasteiger partial charge in [0.1, 0.15) is 11.8 Å². The molecule has 2 atom stereocenters. The van der Waals surface area contributed by atoms with Gasteiger partial charge < -0.3 is 26.8 Å². The Bertz CT molecular complexity index is 549. The number of hydrogen-bond acceptors (Lipinski definition) is 3. The van der Waals surface area contributed by atoms with Crippen LogP contribution in [0, 0.1) is 0 Å². The maximum Gasteiger partial charge on any atom is 0.412 e. The van der Waals surface area contributed by atoms with Crippen molar-refractivity contribution in [2.24, 2.45) is 0 Å². The number of hydrogen-bond donors (Lipinski definition) is 2. The van der Waals surface area contributed by atoms with Crippen LogP contribution in [0.15, 0.2) is 24.3 Å². The van der Waals surface area contributed by atoms with Crippen LogP contribution in [0.1, 0.15) is 65.7 Å². The average Bonchev–Trinajstić information content (AvgIpc) is 2.69. The van der Waals surface area contributed by atoms with Crippen LogP contribution in [0.25, 0.3) is 0 Å². The first-order valence-electron chi connectivity index (χ1n) is 10.7. The van der Waals surface area contributed by atoms with Gasteiger partial charge >= 0.3 is 6.09 Å². The minimum atomic E-state index is -0.352. The van der Waals surface area contributed by atoms with E-state index in [0.29, 0.717) is 6.04 Å². The molecule has 0 heterocycles. The third kappa shape index (κ3) is 7.88. The molecule has 0 aromatic heterocycles. The highest BCUT2D eigenvalue weighted by Crippen LogP contribution is 2.21. The molecule has 1 fully saturated rings. The SMILES string of the molecule is CCCCCOc1ccc(NC(=O)O[C@@H]2CCCC[C@H]2[NH+](CC)CC)cc1.[Cl-]. The molecule has 0 spiro atoms. The van der Waals surface area contributed by atoms with E-state index in [0.717, 1.165) is 56.8 Å². The minimum absolute atomic E-state index is 0. The zero-order valence-corrected chi connectivity index (χ0v) is 18.4. The topological polar surface area (TPSA) is 52.0 Å². The van der Waals surface area contributed by atoms with E-state index in [1.807, 2.05) is 24.3 Å². The van der Waals surface area contributed by atoms with Crippen molar-refractivity contribution < 1.29 is 31.6 Å². The van der Waals surface area contributed by atoms with Crippen molar-refractivity contribution in [2.45, 2.75) is 77.9 Å². The predicted molar refractivity (Wildman–Crippen MR) is 110 cm³/mol. The summed E-state index contributed by atoms with van der Waals surface area (Å²) in [4.78, 5) is 13.9. The summed E-state index contributed by atoms with van der Waals surface area (Å²) in [6.07, 6.45) is 7.57. The molecule has 2 N–H and O–H groups in total. The molecule has 1 aliphatic rings. The van der Waals surface area contributed by atoms with Crippen LogP contribution >= 0.6 is 0 Å². The molecular formula is C22H37ClN2O3. The number of anilines is 1. The van der Waals surface area contributed by atoms with Gasteiger partial charge in [0, 0.05) is 12.1 Å². The quantitative estimate of drug-likeness (QED) is 0.565. The number of carbonyl (C=O) groups is 1. The molecule has 1 aromatic carbocycles. The highest BCUT2D eigenvalue weighted by Gasteiger charge is 2.34. The molecule has 6 heteroatoms. The number of amides is 1. The van der Waals surface area contributed by atoms with Crippen molar-refractivity contribution in [3.8, 4) is 5.75 Å². The van der Waals surface area contributed by atoms with E-state index in [4.69, 9.17) is 9.47 Å². The van der Waals surface area contributed by atoms with E-state index < -0.39 is 0 Å². The first-order chi connectivity index (χ1) is 13.2. The first-order valence-corrected chi connectivity index (χ1v) is 10.7. The standard InChI is InChI=1S/C22H36N2O3.ClH/c1-4-7-10-17-26-19-15-13-18(14-16-19)23-22(25)27-21-12-9-8-11-20(21)24(5-2)6-3;/h13-16,20-21H,4-12,17H2,1-3H3,(H,23,25);1H/t20-,21-;/m1./s1. The van der Waals surface area contributed by atoms with Gasteiger partial charge in [0.25, 0.3) is 0 Å². The molecule has 0 bridgehead atoms. The van der Waals surface area contributed by atoms with Gasteiger partial charge in [-0.25, -0.2) is 4.79 Å². The number of likely N-dealkylation sites (N-methyl/N-ethyl adjacent to an activating group) is 1. The van der Waals surface area contributed by atoms with Gasteiger partial charge in [0.15, 0.2) is 6.10 Å². The smallest absolute Gasteiger partial charge is 0.412 e. The van der Waals surface area contributed by atoms with Gasteiger partial charge in [-0.15, -0.1) is 0 Å². The molecule has 160 valence electrons. The minimum Gasteiger partial charge on any atom is -1.00 e. The van der Waals surface area contributed by atoms with Gasteiger partial charge in [0.05, 0.1) is 19.7 Å². The summed E-state index contributed by atoms with van der Waals surface area (Å²) in [5.41, 5.74) is 0.739. The lowest BCUT2D eigenvalue weighted by Gasteiger charge is -2.35. The second kappa shape index (κ2) is 13.7. The average molecular weight is 413 g/mol. The Morgan fingerprint density at radius 3 is 2.39 bits per heavy atom. The van der Waals surface area contributed by atoms with Crippen molar-refractivity contribution in [3.63, 3.8) is 0 Å². The fraction of sp³-hybridized carbons (Fsp3) is 0.682. The van der Waals surface area contributed by atoms with Crippen LogP contribution in [0.4, 0.5) is 10.5 Å². The summed E-state index contributed by atoms with van der Waals surface area (Å²) < 4.78 is 11.5. The Morgan fingerprint density at radius 2 is 1.75 bits per heavy atom. The molecule has 0 radical (unpaired) electrons. The number of benzene rings is 1. The van der Waals surface area contributed by atoms with Crippen LogP contribution in [-0.2, 0) is 4.74 Å². The largest absolute Gasteiger partial charge is 1.00 e. The molecular weight excluding hydrogens is 376 g/mol. The molecule has 1 aromatic rings. The van der Waals surface area contributed by atoms with Gasteiger partial charge in [-0.1, -0.05) is 19.8 Å². The Kier molecular flexibility index (Phi) is 12.0. The molecule has 28 heavy (non-hydrogen) atoms. The van der Waals surface area contributed by atoms with Gasteiger partial charge in [-0.2, -0.15) is 0 Å². The summed E-state index contributed by atoms with van der Waals surface area (Å²) in [5, 5.41) is 2.86. The molecule has 0 saturated heterocycles. The lowest BCUT2D eigenvalue weighted by atomic mass is 9.91. The van der Waals surface area contributed by atoms with Crippen LogP contribution in [0.3, 0.4) is 0 Å². The molecule has 1 amide bonds. The zero-order valence-electron chi connectivity index (χ0n) is 17.6. The van der Waals surface area contributed by atoms with E-state index in [1.165, 1.54) is 24.2 Å². The molecule has 1 saturated carbocycles. The van der Waals surface area contributed by atoms with Gasteiger partial charge in [-0.05, 0) is 63.8 Å². The van der Waals surface area contributed by atoms with E-state index in [9.17, 15) is 4.79 Å². The van der Waals surface area contributed by atoms with Crippen molar-refractivity contribution in [1.29, 1.82) is 0 Å². The monoisotopic (exact) mass is 412 g/mol. The highest BCUT2D eigenvalue weighted by atomic mass is 35.5. The summed E-state index contributed by atoms with van der Waals surface area (Å²) >= 11 is 0. The van der Waals surface area contributed by atoms with Crippen LogP contribution < -0.4 is 27.4 Å². The molecule has 1 aliphatic carbocycles. The number of rotatable bonds is 10. The summed E-state index contributed by atoms with van der Waals surface area (Å²) in [7, 11) is 0. The number of halogens is 1. The first kappa shape index (κ1) is 24.6. The third-order valence-corrected chi connectivity index (χ3v) is 5.51. The maximum atomic E-state index is 12.4. The normalized spacial score (nSPS) is 19.0. The molecule has 5 nitrogen and oxygen atoms in total. The van der Waals surface area contributed by atoms with Crippen molar-refractivity contribution in [3.05, 3.63) is 24.3 Å². The highest BCUT2D eigenvalue weighted by molar-refractivity contribution is 5.84. The number of carbonyl (C=O) groups excluding carboxylic acids is 1. The summed E-state index contributed by atoms with van der Waals surface area (Å²) in [5.74, 6) is 0.836. The van der Waals surface area contributed by atoms with E-state index in [2.05, 4.69) is 26.1 Å². The summed E-state index contributed by atoms with van der Waals surface area (Å²) in [6, 6.07) is 7.93. The van der Waals surface area contributed by atoms with Crippen LogP contribution in [0.2, 0.25) is 0 Å². The molecule has 0 aliphatic heterocycles. The number of unbranched alkanes of at least 4 members (excludes halogenated alkanes) is 2. The van der Waals surface area contributed by atoms with E-state index >= 15 is 0 Å². The van der Waals surface area contributed by atoms with Gasteiger partial charge in [-0.3, -0.25) is 5.32 Å². The lowest BCUT2D eigenvalue weighted by molar-refractivity contribution is -0.926. The Balaban J connectivity index is 0.00000392. The van der Waals surface area contributed by atoms with E-state index in [1.54, 1.807) is 0 Å². The zero-order chi connectivity index (χ0) is 19.5. The lowest BCUT2D eigenvalue weighted by Crippen LogP contribution is -3.16. The number of quaternary nitrogens is 1. The van der Waals surface area contributed by atoms with Crippen LogP contribution in [-0.4, -0.2) is 37.9 Å². The molecule has 2 rings (SSSR count). The fourth-order valence-electron chi connectivity index (χ4n) is 3.94. The number of nitrogens with one attached hydrogen (secondary N) is 2. The predicted octanol–water partition coefficient (Wildman–Crippen LogP) is 1.04. The maximum absolute atomic E-state index is 12.4. The summed E-state index contributed by atoms with van der Waals surface area (Å²) in [6.45, 7) is 9.47. The van der Waals surface area contributed by atoms with E-state index in [-0.39, 0.29) is 24.6 Å². The van der Waals surface area contributed by atoms with Crippen molar-refractivity contribution >= 4 is 11.8 Å². The van der Waals surface area contributed by atoms with Crippen molar-refractivity contribution in [1.82, 2.24) is 0 Å². The Morgan fingerprint density at radius 1 is 1.07 bits per heavy atom. The Hall–Kier alpha value is -1.46. The van der Waals surface area contributed by atoms with Gasteiger partial charge in [0.2, 0.25) is 0 Å². The van der Waals surface area contributed by atoms with Crippen molar-refractivity contribution in [2.75, 3.05) is 25.0 Å². The Labute approximate surface area is 176 Å².